The third kappa shape index (κ3) is 3.48. The maximum absolute atomic E-state index is 13.0. The third-order valence-electron chi connectivity index (χ3n) is 4.71. The van der Waals surface area contributed by atoms with Gasteiger partial charge in [-0.05, 0) is 12.1 Å². The summed E-state index contributed by atoms with van der Waals surface area (Å²) >= 11 is 0. The van der Waals surface area contributed by atoms with Gasteiger partial charge in [-0.15, -0.1) is 0 Å². The minimum Gasteiger partial charge on any atom is -0.380 e. The molecule has 27 heavy (non-hydrogen) atoms. The molecule has 6 nitrogen and oxygen atoms in total. The summed E-state index contributed by atoms with van der Waals surface area (Å²) in [4.78, 5) is 19.2. The Kier molecular flexibility index (Phi) is 4.49. The summed E-state index contributed by atoms with van der Waals surface area (Å²) in [5.74, 6) is 0.767. The zero-order valence-corrected chi connectivity index (χ0v) is 15.4. The lowest BCUT2D eigenvalue weighted by atomic mass is 9.88. The van der Waals surface area contributed by atoms with Crippen molar-refractivity contribution < 1.29 is 14.1 Å². The minimum absolute atomic E-state index is 0.0182. The topological polar surface area (TPSA) is 68.5 Å². The Labute approximate surface area is 157 Å². The van der Waals surface area contributed by atoms with Crippen molar-refractivity contribution in [2.75, 3.05) is 26.8 Å². The molecule has 1 aliphatic rings. The average molecular weight is 363 g/mol. The van der Waals surface area contributed by atoms with Crippen LogP contribution >= 0.6 is 0 Å². The molecule has 138 valence electrons. The Morgan fingerprint density at radius 1 is 1.11 bits per heavy atom. The molecule has 0 unspecified atom stereocenters. The van der Waals surface area contributed by atoms with E-state index in [1.165, 1.54) is 0 Å². The molecule has 1 saturated heterocycles. The highest BCUT2D eigenvalue weighted by atomic mass is 16.5. The fourth-order valence-electron chi connectivity index (χ4n) is 3.29. The molecule has 6 heteroatoms. The first-order chi connectivity index (χ1) is 13.1. The SMILES string of the molecule is CN(CC1(C)COC1)C(=O)c1ccccc1-c1nc(-c2ccccc2)no1. The van der Waals surface area contributed by atoms with E-state index in [1.807, 2.05) is 55.6 Å². The van der Waals surface area contributed by atoms with E-state index in [0.717, 1.165) is 5.56 Å². The highest BCUT2D eigenvalue weighted by Gasteiger charge is 2.36. The summed E-state index contributed by atoms with van der Waals surface area (Å²) in [6.07, 6.45) is 0. The van der Waals surface area contributed by atoms with Gasteiger partial charge in [0, 0.05) is 24.6 Å². The van der Waals surface area contributed by atoms with Crippen LogP contribution in [0.2, 0.25) is 0 Å². The number of rotatable bonds is 5. The van der Waals surface area contributed by atoms with Crippen LogP contribution in [0.1, 0.15) is 17.3 Å². The summed E-state index contributed by atoms with van der Waals surface area (Å²) < 4.78 is 10.7. The van der Waals surface area contributed by atoms with Crippen molar-refractivity contribution in [1.29, 1.82) is 0 Å². The quantitative estimate of drug-likeness (QED) is 0.694. The van der Waals surface area contributed by atoms with Gasteiger partial charge >= 0.3 is 0 Å². The maximum Gasteiger partial charge on any atom is 0.259 e. The zero-order valence-electron chi connectivity index (χ0n) is 15.4. The highest BCUT2D eigenvalue weighted by Crippen LogP contribution is 2.29. The number of nitrogens with zero attached hydrogens (tertiary/aromatic N) is 3. The molecule has 0 saturated carbocycles. The van der Waals surface area contributed by atoms with Crippen molar-refractivity contribution in [2.45, 2.75) is 6.92 Å². The number of hydrogen-bond acceptors (Lipinski definition) is 5. The number of carbonyl (C=O) groups excluding carboxylic acids is 1. The Hall–Kier alpha value is -2.99. The normalized spacial score (nSPS) is 15.2. The van der Waals surface area contributed by atoms with Crippen LogP contribution in [-0.2, 0) is 4.74 Å². The van der Waals surface area contributed by atoms with Crippen LogP contribution in [0.25, 0.3) is 22.8 Å². The lowest BCUT2D eigenvalue weighted by Crippen LogP contribution is -2.49. The molecule has 0 aliphatic carbocycles. The molecule has 0 bridgehead atoms. The van der Waals surface area contributed by atoms with Crippen LogP contribution in [0.5, 0.6) is 0 Å². The van der Waals surface area contributed by atoms with Crippen molar-refractivity contribution >= 4 is 5.91 Å². The largest absolute Gasteiger partial charge is 0.380 e. The zero-order chi connectivity index (χ0) is 18.9. The predicted molar refractivity (Wildman–Crippen MR) is 101 cm³/mol. The molecule has 1 aromatic heterocycles. The smallest absolute Gasteiger partial charge is 0.259 e. The van der Waals surface area contributed by atoms with Gasteiger partial charge in [-0.1, -0.05) is 54.5 Å². The van der Waals surface area contributed by atoms with Gasteiger partial charge < -0.3 is 14.2 Å². The molecular formula is C21H21N3O3. The van der Waals surface area contributed by atoms with Gasteiger partial charge in [0.15, 0.2) is 0 Å². The monoisotopic (exact) mass is 363 g/mol. The van der Waals surface area contributed by atoms with Crippen LogP contribution < -0.4 is 0 Å². The lowest BCUT2D eigenvalue weighted by molar-refractivity contribution is -0.109. The number of benzene rings is 2. The Bertz CT molecular complexity index is 948. The molecular weight excluding hydrogens is 342 g/mol. The van der Waals surface area contributed by atoms with Gasteiger partial charge in [0.2, 0.25) is 5.82 Å². The van der Waals surface area contributed by atoms with Crippen molar-refractivity contribution in [3.63, 3.8) is 0 Å². The number of hydrogen-bond donors (Lipinski definition) is 0. The van der Waals surface area contributed by atoms with E-state index in [1.54, 1.807) is 11.0 Å². The van der Waals surface area contributed by atoms with Crippen LogP contribution in [-0.4, -0.2) is 47.8 Å². The Morgan fingerprint density at radius 3 is 2.52 bits per heavy atom. The second kappa shape index (κ2) is 6.96. The molecule has 0 atom stereocenters. The maximum atomic E-state index is 13.0. The van der Waals surface area contributed by atoms with Gasteiger partial charge in [0.05, 0.1) is 24.3 Å². The molecule has 0 N–H and O–H groups in total. The van der Waals surface area contributed by atoms with E-state index >= 15 is 0 Å². The fourth-order valence-corrected chi connectivity index (χ4v) is 3.29. The number of carbonyl (C=O) groups is 1. The van der Waals surface area contributed by atoms with Crippen molar-refractivity contribution in [3.8, 4) is 22.8 Å². The molecule has 0 spiro atoms. The molecule has 1 fully saturated rings. The van der Waals surface area contributed by atoms with Gasteiger partial charge in [0.25, 0.3) is 11.8 Å². The van der Waals surface area contributed by atoms with E-state index < -0.39 is 0 Å². The first-order valence-corrected chi connectivity index (χ1v) is 8.87. The molecule has 4 rings (SSSR count). The standard InChI is InChI=1S/C21H21N3O3/c1-21(13-26-14-21)12-24(2)20(25)17-11-7-6-10-16(17)19-22-18(23-27-19)15-8-4-3-5-9-15/h3-11H,12-14H2,1-2H3. The van der Waals surface area contributed by atoms with E-state index in [2.05, 4.69) is 17.1 Å². The van der Waals surface area contributed by atoms with Gasteiger partial charge in [-0.25, -0.2) is 0 Å². The van der Waals surface area contributed by atoms with Crippen LogP contribution in [0.3, 0.4) is 0 Å². The second-order valence-electron chi connectivity index (χ2n) is 7.30. The highest BCUT2D eigenvalue weighted by molar-refractivity contribution is 5.99. The van der Waals surface area contributed by atoms with Gasteiger partial charge in [-0.3, -0.25) is 4.79 Å². The molecule has 2 heterocycles. The summed E-state index contributed by atoms with van der Waals surface area (Å²) in [5.41, 5.74) is 2.07. The molecule has 0 radical (unpaired) electrons. The van der Waals surface area contributed by atoms with Gasteiger partial charge in [0.1, 0.15) is 0 Å². The van der Waals surface area contributed by atoms with E-state index in [4.69, 9.17) is 9.26 Å². The first-order valence-electron chi connectivity index (χ1n) is 8.87. The molecule has 2 aromatic carbocycles. The molecule has 1 aliphatic heterocycles. The van der Waals surface area contributed by atoms with Crippen molar-refractivity contribution in [2.24, 2.45) is 5.41 Å². The van der Waals surface area contributed by atoms with Crippen LogP contribution in [0, 0.1) is 5.41 Å². The van der Waals surface area contributed by atoms with Gasteiger partial charge in [-0.2, -0.15) is 4.98 Å². The minimum atomic E-state index is -0.0711. The second-order valence-corrected chi connectivity index (χ2v) is 7.30. The Balaban J connectivity index is 1.62. The first kappa shape index (κ1) is 17.4. The van der Waals surface area contributed by atoms with E-state index in [0.29, 0.717) is 42.6 Å². The third-order valence-corrected chi connectivity index (χ3v) is 4.71. The fraction of sp³-hybridized carbons (Fsp3) is 0.286. The average Bonchev–Trinajstić information content (AvgIpc) is 3.17. The van der Waals surface area contributed by atoms with Crippen LogP contribution in [0.15, 0.2) is 59.1 Å². The predicted octanol–water partition coefficient (Wildman–Crippen LogP) is 3.51. The lowest BCUT2D eigenvalue weighted by Gasteiger charge is -2.40. The molecule has 1 amide bonds. The van der Waals surface area contributed by atoms with E-state index in [9.17, 15) is 4.79 Å². The summed E-state index contributed by atoms with van der Waals surface area (Å²) in [6, 6.07) is 16.9. The van der Waals surface area contributed by atoms with Crippen molar-refractivity contribution in [3.05, 3.63) is 60.2 Å². The van der Waals surface area contributed by atoms with Crippen LogP contribution in [0.4, 0.5) is 0 Å². The summed E-state index contributed by atoms with van der Waals surface area (Å²) in [5, 5.41) is 4.06. The summed E-state index contributed by atoms with van der Waals surface area (Å²) in [7, 11) is 1.81. The van der Waals surface area contributed by atoms with E-state index in [-0.39, 0.29) is 11.3 Å². The molecule has 3 aromatic rings. The summed E-state index contributed by atoms with van der Waals surface area (Å²) in [6.45, 7) is 4.11. The van der Waals surface area contributed by atoms with Crippen molar-refractivity contribution in [1.82, 2.24) is 15.0 Å². The number of aromatic nitrogens is 2. The number of amides is 1. The Morgan fingerprint density at radius 2 is 1.81 bits per heavy atom. The number of ether oxygens (including phenoxy) is 1.